The fourth-order valence-corrected chi connectivity index (χ4v) is 2.42. The zero-order valence-electron chi connectivity index (χ0n) is 13.7. The fourth-order valence-electron chi connectivity index (χ4n) is 2.23. The number of amides is 1. The van der Waals surface area contributed by atoms with Crippen LogP contribution in [0.5, 0.6) is 0 Å². The minimum Gasteiger partial charge on any atom is -0.365 e. The molecule has 134 valence electrons. The molecule has 10 heteroatoms. The summed E-state index contributed by atoms with van der Waals surface area (Å²) in [6, 6.07) is 4.21. The van der Waals surface area contributed by atoms with Crippen LogP contribution in [-0.4, -0.2) is 25.7 Å². The molecule has 8 nitrogen and oxygen atoms in total. The number of anilines is 3. The van der Waals surface area contributed by atoms with Gasteiger partial charge in [-0.05, 0) is 18.2 Å². The van der Waals surface area contributed by atoms with Crippen molar-refractivity contribution >= 4 is 35.0 Å². The van der Waals surface area contributed by atoms with Gasteiger partial charge in [-0.1, -0.05) is 11.6 Å². The van der Waals surface area contributed by atoms with E-state index in [0.717, 1.165) is 0 Å². The summed E-state index contributed by atoms with van der Waals surface area (Å²) in [6.45, 7) is 0.0655. The van der Waals surface area contributed by atoms with E-state index in [1.54, 1.807) is 24.1 Å². The molecule has 0 radical (unpaired) electrons. The zero-order valence-corrected chi connectivity index (χ0v) is 14.5. The molecular weight excluding hydrogens is 361 g/mol. The van der Waals surface area contributed by atoms with E-state index in [4.69, 9.17) is 17.3 Å². The maximum absolute atomic E-state index is 13.9. The van der Waals surface area contributed by atoms with Crippen LogP contribution in [0, 0.1) is 5.82 Å². The molecule has 3 rings (SSSR count). The smallest absolute Gasteiger partial charge is 0.254 e. The first kappa shape index (κ1) is 17.6. The summed E-state index contributed by atoms with van der Waals surface area (Å²) in [5.41, 5.74) is 6.44. The topological polar surface area (TPSA) is 111 Å². The molecule has 0 fully saturated rings. The Bertz CT molecular complexity index is 960. The third-order valence-corrected chi connectivity index (χ3v) is 3.70. The lowest BCUT2D eigenvalue weighted by atomic mass is 10.2. The summed E-state index contributed by atoms with van der Waals surface area (Å²) >= 11 is 5.89. The largest absolute Gasteiger partial charge is 0.365 e. The molecule has 1 amide bonds. The van der Waals surface area contributed by atoms with Crippen LogP contribution in [0.2, 0.25) is 5.02 Å². The Labute approximate surface area is 153 Å². The number of hydrogen-bond acceptors (Lipinski definition) is 6. The van der Waals surface area contributed by atoms with E-state index < -0.39 is 11.7 Å². The number of rotatable bonds is 6. The van der Waals surface area contributed by atoms with Crippen LogP contribution in [0.15, 0.2) is 36.8 Å². The molecule has 0 saturated heterocycles. The predicted octanol–water partition coefficient (Wildman–Crippen LogP) is 2.46. The number of aromatic nitrogens is 4. The molecule has 0 bridgehead atoms. The van der Waals surface area contributed by atoms with Crippen LogP contribution in [0.1, 0.15) is 15.9 Å². The maximum atomic E-state index is 13.9. The second kappa shape index (κ2) is 7.36. The average molecular weight is 376 g/mol. The number of primary amides is 1. The number of nitrogens with one attached hydrogen (secondary N) is 2. The van der Waals surface area contributed by atoms with Crippen molar-refractivity contribution in [1.82, 2.24) is 19.7 Å². The Hall–Kier alpha value is -3.20. The van der Waals surface area contributed by atoms with E-state index >= 15 is 0 Å². The first-order chi connectivity index (χ1) is 12.4. The molecule has 1 aromatic carbocycles. The molecule has 4 N–H and O–H groups in total. The minimum absolute atomic E-state index is 0.0655. The van der Waals surface area contributed by atoms with E-state index in [-0.39, 0.29) is 23.9 Å². The molecule has 2 aromatic heterocycles. The van der Waals surface area contributed by atoms with Crippen molar-refractivity contribution in [3.63, 3.8) is 0 Å². The maximum Gasteiger partial charge on any atom is 0.254 e. The van der Waals surface area contributed by atoms with Gasteiger partial charge in [0.2, 0.25) is 5.95 Å². The lowest BCUT2D eigenvalue weighted by molar-refractivity contribution is 0.100. The van der Waals surface area contributed by atoms with Crippen molar-refractivity contribution in [2.24, 2.45) is 12.8 Å². The van der Waals surface area contributed by atoms with Crippen molar-refractivity contribution < 1.29 is 9.18 Å². The van der Waals surface area contributed by atoms with Crippen molar-refractivity contribution in [1.29, 1.82) is 0 Å². The molecule has 0 saturated carbocycles. The second-order valence-corrected chi connectivity index (χ2v) is 5.87. The van der Waals surface area contributed by atoms with Crippen molar-refractivity contribution in [3.05, 3.63) is 58.8 Å². The first-order valence-electron chi connectivity index (χ1n) is 7.52. The van der Waals surface area contributed by atoms with Gasteiger partial charge in [-0.15, -0.1) is 0 Å². The summed E-state index contributed by atoms with van der Waals surface area (Å²) in [6.07, 6.45) is 4.63. The Morgan fingerprint density at radius 3 is 2.88 bits per heavy atom. The number of nitrogens with zero attached hydrogens (tertiary/aromatic N) is 4. The molecule has 3 aromatic rings. The number of hydrogen-bond donors (Lipinski definition) is 3. The van der Waals surface area contributed by atoms with Gasteiger partial charge < -0.3 is 16.4 Å². The highest BCUT2D eigenvalue weighted by atomic mass is 35.5. The highest BCUT2D eigenvalue weighted by Gasteiger charge is 2.13. The van der Waals surface area contributed by atoms with Gasteiger partial charge in [0, 0.05) is 36.6 Å². The number of nitrogens with two attached hydrogens (primary N) is 1. The molecule has 0 aliphatic heterocycles. The predicted molar refractivity (Wildman–Crippen MR) is 95.8 cm³/mol. The van der Waals surface area contributed by atoms with E-state index in [2.05, 4.69) is 25.7 Å². The van der Waals surface area contributed by atoms with Crippen molar-refractivity contribution in [2.45, 2.75) is 6.54 Å². The molecule has 0 atom stereocenters. The Balaban J connectivity index is 1.84. The lowest BCUT2D eigenvalue weighted by Gasteiger charge is -2.11. The highest BCUT2D eigenvalue weighted by Crippen LogP contribution is 2.20. The van der Waals surface area contributed by atoms with Gasteiger partial charge in [0.25, 0.3) is 5.91 Å². The number of carbonyl (C=O) groups excluding carboxylic acids is 1. The highest BCUT2D eigenvalue weighted by molar-refractivity contribution is 6.30. The molecule has 0 aliphatic rings. The van der Waals surface area contributed by atoms with E-state index in [1.807, 2.05) is 0 Å². The molecule has 26 heavy (non-hydrogen) atoms. The third-order valence-electron chi connectivity index (χ3n) is 3.47. The summed E-state index contributed by atoms with van der Waals surface area (Å²) in [5, 5.41) is 10.3. The van der Waals surface area contributed by atoms with Crippen molar-refractivity contribution in [2.75, 3.05) is 10.6 Å². The van der Waals surface area contributed by atoms with Gasteiger partial charge in [-0.2, -0.15) is 10.1 Å². The quantitative estimate of drug-likeness (QED) is 0.610. The van der Waals surface area contributed by atoms with Gasteiger partial charge in [0.05, 0.1) is 17.4 Å². The fraction of sp³-hybridized carbons (Fsp3) is 0.125. The average Bonchev–Trinajstić information content (AvgIpc) is 3.00. The third kappa shape index (κ3) is 4.06. The van der Waals surface area contributed by atoms with Crippen LogP contribution in [0.3, 0.4) is 0 Å². The summed E-state index contributed by atoms with van der Waals surface area (Å²) in [5.74, 6) is -0.715. The minimum atomic E-state index is -0.702. The van der Waals surface area contributed by atoms with Gasteiger partial charge in [0.15, 0.2) is 0 Å². The number of halogens is 2. The van der Waals surface area contributed by atoms with Crippen LogP contribution < -0.4 is 16.4 Å². The van der Waals surface area contributed by atoms with Gasteiger partial charge in [0.1, 0.15) is 11.6 Å². The van der Waals surface area contributed by atoms with Crippen LogP contribution >= 0.6 is 11.6 Å². The number of benzene rings is 1. The van der Waals surface area contributed by atoms with Gasteiger partial charge in [-0.3, -0.25) is 9.48 Å². The van der Waals surface area contributed by atoms with Crippen molar-refractivity contribution in [3.8, 4) is 0 Å². The Kier molecular flexibility index (Phi) is 4.99. The molecular formula is C16H15ClFN7O. The summed E-state index contributed by atoms with van der Waals surface area (Å²) < 4.78 is 15.5. The van der Waals surface area contributed by atoms with E-state index in [0.29, 0.717) is 16.3 Å². The van der Waals surface area contributed by atoms with E-state index in [9.17, 15) is 9.18 Å². The van der Waals surface area contributed by atoms with Crippen LogP contribution in [0.4, 0.5) is 21.8 Å². The molecule has 2 heterocycles. The van der Waals surface area contributed by atoms with Crippen LogP contribution in [0.25, 0.3) is 0 Å². The molecule has 0 unspecified atom stereocenters. The normalized spacial score (nSPS) is 10.6. The first-order valence-corrected chi connectivity index (χ1v) is 7.90. The standard InChI is InChI=1S/C16H15ClFN7O/c1-25-8-11(6-22-25)23-16-21-7-12(14(19)26)15(24-16)20-5-9-4-10(17)2-3-13(9)18/h2-4,6-8H,5H2,1H3,(H2,19,26)(H2,20,21,23,24). The Morgan fingerprint density at radius 2 is 2.19 bits per heavy atom. The zero-order chi connectivity index (χ0) is 18.7. The SMILES string of the molecule is Cn1cc(Nc2ncc(C(N)=O)c(NCc3cc(Cl)ccc3F)n2)cn1. The second-order valence-electron chi connectivity index (χ2n) is 5.44. The number of aryl methyl sites for hydroxylation is 1. The summed E-state index contributed by atoms with van der Waals surface area (Å²) in [7, 11) is 1.77. The molecule has 0 spiro atoms. The Morgan fingerprint density at radius 1 is 1.38 bits per heavy atom. The summed E-state index contributed by atoms with van der Waals surface area (Å²) in [4.78, 5) is 19.9. The van der Waals surface area contributed by atoms with E-state index in [1.165, 1.54) is 24.4 Å². The van der Waals surface area contributed by atoms with Crippen LogP contribution in [-0.2, 0) is 13.6 Å². The van der Waals surface area contributed by atoms with Gasteiger partial charge >= 0.3 is 0 Å². The van der Waals surface area contributed by atoms with Gasteiger partial charge in [-0.25, -0.2) is 9.37 Å². The lowest BCUT2D eigenvalue weighted by Crippen LogP contribution is -2.17. The number of carbonyl (C=O) groups is 1. The molecule has 0 aliphatic carbocycles. The monoisotopic (exact) mass is 375 g/mol.